The third-order valence-electron chi connectivity index (χ3n) is 11.4. The van der Waals surface area contributed by atoms with Crippen LogP contribution in [0.5, 0.6) is 17.5 Å². The summed E-state index contributed by atoms with van der Waals surface area (Å²) in [6.45, 7) is 22.4. The van der Waals surface area contributed by atoms with E-state index in [2.05, 4.69) is 133 Å². The monoisotopic (exact) mass is 1010 g/mol. The molecule has 0 aliphatic rings. The van der Waals surface area contributed by atoms with Gasteiger partial charge in [0.1, 0.15) is 11.3 Å². The second-order valence-corrected chi connectivity index (χ2v) is 24.5. The predicted molar refractivity (Wildman–Crippen MR) is 248 cm³/mol. The molecule has 0 fully saturated rings. The Bertz CT molecular complexity index is 2940. The van der Waals surface area contributed by atoms with Gasteiger partial charge in [0.15, 0.2) is 5.82 Å². The van der Waals surface area contributed by atoms with E-state index in [4.69, 9.17) is 19.1 Å². The van der Waals surface area contributed by atoms with Crippen molar-refractivity contribution in [3.63, 3.8) is 0 Å². The SMILES string of the molecule is CC(C)c1cccc(C(C)C)c1-n1cc(Oc2nc(-c3[c-]c4sc5cccc6oc(c3)c4c65)cc(C(C)(C)C)c2-c2ccccc2)nc1-c1ccc([Si](C)(C)C)cc1O.[Pt]. The molecular formula is C51H50N3O3PtSSi-. The second kappa shape index (κ2) is 15.5. The standard InChI is InChI=1S/C51H50N3O3SSi.Pt/c1-29(2)34-18-14-19-35(30(3)4)48(34)54-28-44(53-49(54)36-23-22-33(26-39(36)55)59(8,9)10)57-50-45(31-16-12-11-13-17-31)37(51(5,6)7)27-38(52-50)32-24-41-47-43(25-32)58-42-21-15-20-40(56-41)46(42)47;/h11-24,26-30,55H,1-10H3;/q-1;. The average molecular weight is 1010 g/mol. The van der Waals surface area contributed by atoms with E-state index in [1.54, 1.807) is 11.3 Å². The first-order valence-electron chi connectivity index (χ1n) is 20.5. The number of furan rings is 1. The topological polar surface area (TPSA) is 73.3 Å². The summed E-state index contributed by atoms with van der Waals surface area (Å²) in [4.78, 5) is 10.6. The van der Waals surface area contributed by atoms with Gasteiger partial charge in [0.2, 0.25) is 11.8 Å². The average Bonchev–Trinajstić information content (AvgIpc) is 3.90. The molecule has 5 aromatic carbocycles. The van der Waals surface area contributed by atoms with Crippen molar-refractivity contribution in [3.05, 3.63) is 126 Å². The van der Waals surface area contributed by atoms with Gasteiger partial charge in [-0.3, -0.25) is 9.55 Å². The summed E-state index contributed by atoms with van der Waals surface area (Å²) >= 11 is 1.73. The maximum atomic E-state index is 11.8. The van der Waals surface area contributed by atoms with E-state index < -0.39 is 8.07 Å². The largest absolute Gasteiger partial charge is 0.507 e. The molecule has 0 radical (unpaired) electrons. The first-order valence-corrected chi connectivity index (χ1v) is 24.8. The van der Waals surface area contributed by atoms with Crippen molar-refractivity contribution in [2.75, 3.05) is 0 Å². The molecule has 9 rings (SSSR count). The van der Waals surface area contributed by atoms with Crippen LogP contribution >= 0.6 is 11.3 Å². The minimum absolute atomic E-state index is 0. The number of phenolic OH excluding ortho intramolecular Hbond substituents is 1. The van der Waals surface area contributed by atoms with E-state index in [1.165, 1.54) is 21.0 Å². The van der Waals surface area contributed by atoms with Crippen molar-refractivity contribution in [2.45, 2.75) is 85.4 Å². The van der Waals surface area contributed by atoms with Crippen LogP contribution in [-0.4, -0.2) is 27.7 Å². The van der Waals surface area contributed by atoms with Gasteiger partial charge in [-0.05, 0) is 79.6 Å². The van der Waals surface area contributed by atoms with Gasteiger partial charge in [-0.1, -0.05) is 146 Å². The zero-order chi connectivity index (χ0) is 41.5. The number of hydrogen-bond acceptors (Lipinski definition) is 6. The van der Waals surface area contributed by atoms with Crippen LogP contribution in [0.4, 0.5) is 0 Å². The third kappa shape index (κ3) is 7.31. The van der Waals surface area contributed by atoms with Gasteiger partial charge >= 0.3 is 0 Å². The quantitative estimate of drug-likeness (QED) is 0.115. The molecule has 4 aromatic heterocycles. The van der Waals surface area contributed by atoms with Crippen LogP contribution in [0.15, 0.2) is 108 Å². The number of phenols is 1. The number of hydrogen-bond donors (Lipinski definition) is 1. The molecule has 6 nitrogen and oxygen atoms in total. The van der Waals surface area contributed by atoms with E-state index in [1.807, 2.05) is 48.7 Å². The molecule has 60 heavy (non-hydrogen) atoms. The Hall–Kier alpha value is -5.01. The molecule has 9 aromatic rings. The van der Waals surface area contributed by atoms with Crippen LogP contribution in [0.25, 0.3) is 70.8 Å². The van der Waals surface area contributed by atoms with Crippen LogP contribution in [0.2, 0.25) is 19.6 Å². The molecule has 0 saturated carbocycles. The Morgan fingerprint density at radius 3 is 2.15 bits per heavy atom. The van der Waals surface area contributed by atoms with Gasteiger partial charge in [0.25, 0.3) is 0 Å². The van der Waals surface area contributed by atoms with Crippen molar-refractivity contribution in [2.24, 2.45) is 0 Å². The summed E-state index contributed by atoms with van der Waals surface area (Å²) in [6.07, 6.45) is 1.97. The van der Waals surface area contributed by atoms with Crippen molar-refractivity contribution in [1.82, 2.24) is 14.5 Å². The van der Waals surface area contributed by atoms with E-state index >= 15 is 0 Å². The number of rotatable bonds is 9. The van der Waals surface area contributed by atoms with Crippen LogP contribution < -0.4 is 9.92 Å². The Morgan fingerprint density at radius 2 is 1.50 bits per heavy atom. The van der Waals surface area contributed by atoms with Crippen LogP contribution in [0.3, 0.4) is 0 Å². The molecule has 4 heterocycles. The minimum atomic E-state index is -1.71. The zero-order valence-electron chi connectivity index (χ0n) is 35.8. The molecule has 0 aliphatic heterocycles. The van der Waals surface area contributed by atoms with E-state index in [-0.39, 0.29) is 44.1 Å². The van der Waals surface area contributed by atoms with E-state index in [9.17, 15) is 5.11 Å². The normalized spacial score (nSPS) is 12.4. The molecule has 0 saturated heterocycles. The summed E-state index contributed by atoms with van der Waals surface area (Å²) in [5, 5.41) is 15.2. The van der Waals surface area contributed by atoms with Crippen molar-refractivity contribution < 1.29 is 35.3 Å². The van der Waals surface area contributed by atoms with Gasteiger partial charge in [-0.15, -0.1) is 11.6 Å². The fraction of sp³-hybridized carbons (Fsp3) is 0.255. The number of thiophene rings is 1. The first-order chi connectivity index (χ1) is 28.1. The molecule has 0 atom stereocenters. The Morgan fingerprint density at radius 1 is 0.800 bits per heavy atom. The summed E-state index contributed by atoms with van der Waals surface area (Å²) < 4.78 is 17.8. The Balaban J connectivity index is 0.00000499. The number of nitrogens with zero attached hydrogens (tertiary/aromatic N) is 3. The van der Waals surface area contributed by atoms with Gasteiger partial charge in [0, 0.05) is 36.7 Å². The van der Waals surface area contributed by atoms with E-state index in [0.717, 1.165) is 60.3 Å². The fourth-order valence-corrected chi connectivity index (χ4v) is 10.6. The fourth-order valence-electron chi connectivity index (χ4n) is 8.28. The van der Waals surface area contributed by atoms with Gasteiger partial charge in [0.05, 0.1) is 31.1 Å². The molecule has 0 aliphatic carbocycles. The molecule has 9 heteroatoms. The maximum Gasteiger partial charge on any atom is 0.240 e. The number of aromatic hydroxyl groups is 1. The molecule has 0 bridgehead atoms. The smallest absolute Gasteiger partial charge is 0.240 e. The van der Waals surface area contributed by atoms with Crippen molar-refractivity contribution in [1.29, 1.82) is 0 Å². The molecule has 0 amide bonds. The third-order valence-corrected chi connectivity index (χ3v) is 14.5. The van der Waals surface area contributed by atoms with Crippen LogP contribution in [0, 0.1) is 6.07 Å². The summed E-state index contributed by atoms with van der Waals surface area (Å²) in [5.41, 5.74) is 10.0. The molecule has 0 unspecified atom stereocenters. The first kappa shape index (κ1) is 41.7. The van der Waals surface area contributed by atoms with Crippen molar-refractivity contribution in [3.8, 4) is 57.0 Å². The predicted octanol–water partition coefficient (Wildman–Crippen LogP) is 14.2. The number of imidazole rings is 1. The van der Waals surface area contributed by atoms with Gasteiger partial charge in [-0.25, -0.2) is 0 Å². The van der Waals surface area contributed by atoms with Crippen LogP contribution in [-0.2, 0) is 26.5 Å². The molecule has 0 spiro atoms. The molecule has 1 N–H and O–H groups in total. The van der Waals surface area contributed by atoms with Gasteiger partial charge in [-0.2, -0.15) is 16.3 Å². The zero-order valence-corrected chi connectivity index (χ0v) is 39.9. The second-order valence-electron chi connectivity index (χ2n) is 18.4. The van der Waals surface area contributed by atoms with Gasteiger partial charge < -0.3 is 14.3 Å². The number of benzene rings is 5. The number of aromatic nitrogens is 3. The Kier molecular flexibility index (Phi) is 10.8. The summed E-state index contributed by atoms with van der Waals surface area (Å²) in [6, 6.07) is 37.1. The number of ether oxygens (including phenoxy) is 1. The minimum Gasteiger partial charge on any atom is -0.507 e. The van der Waals surface area contributed by atoms with Crippen molar-refractivity contribution >= 4 is 55.9 Å². The number of pyridine rings is 1. The summed E-state index contributed by atoms with van der Waals surface area (Å²) in [7, 11) is -1.71. The Labute approximate surface area is 371 Å². The number of para-hydroxylation sites is 1. The maximum absolute atomic E-state index is 11.8. The molecule has 308 valence electrons. The van der Waals surface area contributed by atoms with Crippen LogP contribution in [0.1, 0.15) is 77.0 Å². The summed E-state index contributed by atoms with van der Waals surface area (Å²) in [5.74, 6) is 2.08. The molecular weight excluding hydrogens is 958 g/mol. The van der Waals surface area contributed by atoms with E-state index in [0.29, 0.717) is 23.1 Å².